The van der Waals surface area contributed by atoms with Crippen molar-refractivity contribution in [3.8, 4) is 5.75 Å². The monoisotopic (exact) mass is 507 g/mol. The third-order valence-electron chi connectivity index (χ3n) is 5.32. The molecule has 0 saturated heterocycles. The van der Waals surface area contributed by atoms with Gasteiger partial charge in [0.2, 0.25) is 5.13 Å². The SMILES string of the molecule is COc1ccccc1Nc1nnc(SC(C)c2nc3cc(Cl)ccc3n2Cc2ccccc2)s1. The fourth-order valence-electron chi connectivity index (χ4n) is 3.74. The van der Waals surface area contributed by atoms with Crippen LogP contribution in [0.15, 0.2) is 77.1 Å². The summed E-state index contributed by atoms with van der Waals surface area (Å²) >= 11 is 9.40. The second kappa shape index (κ2) is 10.0. The van der Waals surface area contributed by atoms with Crippen molar-refractivity contribution in [2.45, 2.75) is 23.1 Å². The van der Waals surface area contributed by atoms with Gasteiger partial charge >= 0.3 is 0 Å². The molecule has 1 atom stereocenters. The Balaban J connectivity index is 1.40. The van der Waals surface area contributed by atoms with Crippen LogP contribution < -0.4 is 10.1 Å². The van der Waals surface area contributed by atoms with Crippen molar-refractivity contribution in [1.82, 2.24) is 19.7 Å². The Labute approximate surface area is 211 Å². The van der Waals surface area contributed by atoms with Crippen LogP contribution in [0.4, 0.5) is 10.8 Å². The molecule has 6 nitrogen and oxygen atoms in total. The second-order valence-corrected chi connectivity index (χ2v) is 10.6. The van der Waals surface area contributed by atoms with Crippen LogP contribution in [0.2, 0.25) is 5.02 Å². The van der Waals surface area contributed by atoms with Gasteiger partial charge in [0.1, 0.15) is 11.6 Å². The van der Waals surface area contributed by atoms with Crippen LogP contribution in [0.5, 0.6) is 5.75 Å². The third kappa shape index (κ3) is 4.89. The molecule has 3 aromatic carbocycles. The maximum Gasteiger partial charge on any atom is 0.210 e. The zero-order chi connectivity index (χ0) is 23.5. The molecule has 5 rings (SSSR count). The minimum atomic E-state index is 0.0574. The highest BCUT2D eigenvalue weighted by atomic mass is 35.5. The Bertz CT molecular complexity index is 1420. The quantitative estimate of drug-likeness (QED) is 0.224. The number of nitrogens with one attached hydrogen (secondary N) is 1. The van der Waals surface area contributed by atoms with Crippen LogP contribution in [0.3, 0.4) is 0 Å². The lowest BCUT2D eigenvalue weighted by Gasteiger charge is -2.13. The van der Waals surface area contributed by atoms with Crippen molar-refractivity contribution in [2.24, 2.45) is 0 Å². The van der Waals surface area contributed by atoms with Gasteiger partial charge in [0.05, 0.1) is 29.1 Å². The van der Waals surface area contributed by atoms with Gasteiger partial charge in [-0.05, 0) is 42.8 Å². The number of halogens is 1. The van der Waals surface area contributed by atoms with Gasteiger partial charge < -0.3 is 14.6 Å². The number of ether oxygens (including phenoxy) is 1. The summed E-state index contributed by atoms with van der Waals surface area (Å²) in [5.41, 5.74) is 4.02. The van der Waals surface area contributed by atoms with Gasteiger partial charge in [-0.3, -0.25) is 0 Å². The molecular formula is C25H22ClN5OS2. The van der Waals surface area contributed by atoms with Crippen molar-refractivity contribution < 1.29 is 4.74 Å². The molecule has 5 aromatic rings. The van der Waals surface area contributed by atoms with Crippen molar-refractivity contribution in [1.29, 1.82) is 0 Å². The average Bonchev–Trinajstić information content (AvgIpc) is 3.44. The molecule has 0 aliphatic rings. The van der Waals surface area contributed by atoms with E-state index in [4.69, 9.17) is 21.3 Å². The molecule has 0 saturated carbocycles. The smallest absolute Gasteiger partial charge is 0.210 e. The predicted molar refractivity (Wildman–Crippen MR) is 141 cm³/mol. The Hall–Kier alpha value is -3.07. The highest BCUT2D eigenvalue weighted by Crippen LogP contribution is 2.39. The molecule has 9 heteroatoms. The van der Waals surface area contributed by atoms with E-state index < -0.39 is 0 Å². The van der Waals surface area contributed by atoms with Gasteiger partial charge in [-0.15, -0.1) is 10.2 Å². The minimum Gasteiger partial charge on any atom is -0.495 e. The number of hydrogen-bond acceptors (Lipinski definition) is 7. The van der Waals surface area contributed by atoms with E-state index in [1.165, 1.54) is 16.9 Å². The molecular weight excluding hydrogens is 486 g/mol. The summed E-state index contributed by atoms with van der Waals surface area (Å²) in [6.45, 7) is 2.87. The topological polar surface area (TPSA) is 64.9 Å². The van der Waals surface area contributed by atoms with E-state index in [0.29, 0.717) is 10.2 Å². The zero-order valence-corrected chi connectivity index (χ0v) is 21.0. The highest BCUT2D eigenvalue weighted by molar-refractivity contribution is 8.01. The Morgan fingerprint density at radius 3 is 2.68 bits per heavy atom. The summed E-state index contributed by atoms with van der Waals surface area (Å²) in [5, 5.41) is 13.4. The first-order chi connectivity index (χ1) is 16.6. The van der Waals surface area contributed by atoms with E-state index in [2.05, 4.69) is 51.3 Å². The summed E-state index contributed by atoms with van der Waals surface area (Å²) in [5.74, 6) is 1.73. The number of methoxy groups -OCH3 is 1. The molecule has 2 aromatic heterocycles. The number of para-hydroxylation sites is 2. The summed E-state index contributed by atoms with van der Waals surface area (Å²) in [4.78, 5) is 4.94. The molecule has 2 heterocycles. The van der Waals surface area contributed by atoms with Crippen molar-refractivity contribution in [3.63, 3.8) is 0 Å². The number of rotatable bonds is 8. The number of nitrogens with zero attached hydrogens (tertiary/aromatic N) is 4. The molecule has 1 unspecified atom stereocenters. The van der Waals surface area contributed by atoms with Gasteiger partial charge in [0.15, 0.2) is 4.34 Å². The summed E-state index contributed by atoms with van der Waals surface area (Å²) in [7, 11) is 1.65. The lowest BCUT2D eigenvalue weighted by molar-refractivity contribution is 0.417. The van der Waals surface area contributed by atoms with E-state index in [-0.39, 0.29) is 5.25 Å². The number of anilines is 2. The number of hydrogen-bond donors (Lipinski definition) is 1. The van der Waals surface area contributed by atoms with E-state index in [9.17, 15) is 0 Å². The molecule has 0 aliphatic carbocycles. The molecule has 34 heavy (non-hydrogen) atoms. The first kappa shape index (κ1) is 22.7. The molecule has 172 valence electrons. The largest absolute Gasteiger partial charge is 0.495 e. The molecule has 0 fully saturated rings. The third-order valence-corrected chi connectivity index (χ3v) is 7.57. The van der Waals surface area contributed by atoms with Gasteiger partial charge in [-0.2, -0.15) is 0 Å². The Morgan fingerprint density at radius 2 is 1.85 bits per heavy atom. The van der Waals surface area contributed by atoms with Crippen molar-refractivity contribution >= 4 is 56.6 Å². The Kier molecular flexibility index (Phi) is 6.71. The van der Waals surface area contributed by atoms with Gasteiger partial charge in [0.25, 0.3) is 0 Å². The van der Waals surface area contributed by atoms with E-state index >= 15 is 0 Å². The summed E-state index contributed by atoms with van der Waals surface area (Å²) in [6, 6.07) is 24.0. The van der Waals surface area contributed by atoms with Crippen molar-refractivity contribution in [3.05, 3.63) is 89.2 Å². The number of imidazole rings is 1. The van der Waals surface area contributed by atoms with Crippen LogP contribution in [-0.2, 0) is 6.54 Å². The van der Waals surface area contributed by atoms with Gasteiger partial charge in [-0.25, -0.2) is 4.98 Å². The predicted octanol–water partition coefficient (Wildman–Crippen LogP) is 7.20. The molecule has 1 N–H and O–H groups in total. The fourth-order valence-corrected chi connectivity index (χ4v) is 5.93. The van der Waals surface area contributed by atoms with Crippen LogP contribution >= 0.6 is 34.7 Å². The molecule has 0 aliphatic heterocycles. The lowest BCUT2D eigenvalue weighted by Crippen LogP contribution is -2.06. The number of fused-ring (bicyclic) bond motifs is 1. The molecule has 0 amide bonds. The van der Waals surface area contributed by atoms with Gasteiger partial charge in [-0.1, -0.05) is 77.2 Å². The molecule has 0 spiro atoms. The first-order valence-corrected chi connectivity index (χ1v) is 12.8. The zero-order valence-electron chi connectivity index (χ0n) is 18.6. The van der Waals surface area contributed by atoms with Crippen LogP contribution in [-0.4, -0.2) is 26.9 Å². The highest BCUT2D eigenvalue weighted by Gasteiger charge is 2.20. The number of benzene rings is 3. The number of thioether (sulfide) groups is 1. The van der Waals surface area contributed by atoms with Crippen molar-refractivity contribution in [2.75, 3.05) is 12.4 Å². The summed E-state index contributed by atoms with van der Waals surface area (Å²) < 4.78 is 8.53. The molecule has 0 bridgehead atoms. The number of aromatic nitrogens is 4. The maximum absolute atomic E-state index is 6.25. The maximum atomic E-state index is 6.25. The Morgan fingerprint density at radius 1 is 1.06 bits per heavy atom. The van der Waals surface area contributed by atoms with E-state index in [1.54, 1.807) is 18.9 Å². The molecule has 0 radical (unpaired) electrons. The van der Waals surface area contributed by atoms with E-state index in [0.717, 1.165) is 39.2 Å². The second-order valence-electron chi connectivity index (χ2n) is 7.63. The standard InChI is InChI=1S/C25H22ClN5OS2/c1-16(33-25-30-29-24(34-25)28-19-10-6-7-11-22(19)32-2)23-27-20-14-18(26)12-13-21(20)31(23)15-17-8-4-3-5-9-17/h3-14,16H,15H2,1-2H3,(H,28,29). The lowest BCUT2D eigenvalue weighted by atomic mass is 10.2. The van der Waals surface area contributed by atoms with Crippen LogP contribution in [0.25, 0.3) is 11.0 Å². The van der Waals surface area contributed by atoms with E-state index in [1.807, 2.05) is 48.5 Å². The van der Waals surface area contributed by atoms with Crippen LogP contribution in [0.1, 0.15) is 23.6 Å². The van der Waals surface area contributed by atoms with Gasteiger partial charge in [0, 0.05) is 11.6 Å². The fraction of sp³-hybridized carbons (Fsp3) is 0.160. The minimum absolute atomic E-state index is 0.0574. The normalized spacial score (nSPS) is 12.1. The summed E-state index contributed by atoms with van der Waals surface area (Å²) in [6.07, 6.45) is 0. The average molecular weight is 508 g/mol. The van der Waals surface area contributed by atoms with Crippen LogP contribution in [0, 0.1) is 0 Å². The first-order valence-electron chi connectivity index (χ1n) is 10.7.